The second-order valence-corrected chi connectivity index (χ2v) is 7.95. The van der Waals surface area contributed by atoms with Crippen molar-refractivity contribution in [2.24, 2.45) is 0 Å². The highest BCUT2D eigenvalue weighted by Gasteiger charge is 2.24. The lowest BCUT2D eigenvalue weighted by atomic mass is 10.5. The van der Waals surface area contributed by atoms with E-state index in [-0.39, 0.29) is 0 Å². The highest BCUT2D eigenvalue weighted by Crippen LogP contribution is 2.60. The molecule has 19 heavy (non-hydrogen) atoms. The van der Waals surface area contributed by atoms with Crippen LogP contribution in [0, 0.1) is 0 Å². The summed E-state index contributed by atoms with van der Waals surface area (Å²) in [5.74, 6) is 0.777. The molecule has 7 heteroatoms. The van der Waals surface area contributed by atoms with Crippen LogP contribution in [0.4, 0.5) is 0 Å². The molecular weight excluding hydrogens is 285 g/mol. The first-order valence-electron chi connectivity index (χ1n) is 6.95. The molecule has 0 aromatic heterocycles. The summed E-state index contributed by atoms with van der Waals surface area (Å²) in [4.78, 5) is 2.29. The molecule has 0 saturated carbocycles. The first kappa shape index (κ1) is 19.4. The fourth-order valence-electron chi connectivity index (χ4n) is 1.25. The van der Waals surface area contributed by atoms with Crippen molar-refractivity contribution >= 4 is 18.2 Å². The standard InChI is InChI=1S/C10H24NO3PS.C2H4O/c1-5-11(6-2)9-10-16-15(12,13-7-3)14-8-4;1-2-3-1/h5-10H2,1-4H3;1-2H2. The second kappa shape index (κ2) is 12.2. The summed E-state index contributed by atoms with van der Waals surface area (Å²) < 4.78 is 27.0. The van der Waals surface area contributed by atoms with Crippen LogP contribution in [0.25, 0.3) is 0 Å². The summed E-state index contributed by atoms with van der Waals surface area (Å²) in [6.45, 7) is 10.8. The zero-order chi connectivity index (χ0) is 14.6. The van der Waals surface area contributed by atoms with Crippen molar-refractivity contribution in [3.05, 3.63) is 0 Å². The van der Waals surface area contributed by atoms with Crippen molar-refractivity contribution in [1.82, 2.24) is 4.90 Å². The third-order valence-corrected chi connectivity index (χ3v) is 6.29. The third kappa shape index (κ3) is 11.9. The van der Waals surface area contributed by atoms with Gasteiger partial charge in [-0.15, -0.1) is 0 Å². The summed E-state index contributed by atoms with van der Waals surface area (Å²) in [6, 6.07) is 0. The molecule has 0 aromatic carbocycles. The van der Waals surface area contributed by atoms with Gasteiger partial charge in [-0.1, -0.05) is 13.8 Å². The SMILES string of the molecule is C1CO1.CCOP(=O)(OCC)SCCN(CC)CC. The quantitative estimate of drug-likeness (QED) is 0.456. The summed E-state index contributed by atoms with van der Waals surface area (Å²) in [5, 5.41) is 0. The van der Waals surface area contributed by atoms with E-state index in [0.29, 0.717) is 13.2 Å². The Morgan fingerprint density at radius 1 is 1.11 bits per heavy atom. The lowest BCUT2D eigenvalue weighted by Gasteiger charge is -2.20. The minimum atomic E-state index is -2.91. The molecule has 5 nitrogen and oxygen atoms in total. The zero-order valence-electron chi connectivity index (χ0n) is 12.6. The number of rotatable bonds is 10. The highest BCUT2D eigenvalue weighted by atomic mass is 32.7. The van der Waals surface area contributed by atoms with E-state index >= 15 is 0 Å². The van der Waals surface area contributed by atoms with Crippen LogP contribution in [-0.4, -0.2) is 56.7 Å². The van der Waals surface area contributed by atoms with E-state index in [1.54, 1.807) is 0 Å². The Labute approximate surface area is 121 Å². The van der Waals surface area contributed by atoms with Gasteiger partial charge < -0.3 is 18.7 Å². The molecule has 0 atom stereocenters. The predicted molar refractivity (Wildman–Crippen MR) is 81.9 cm³/mol. The van der Waals surface area contributed by atoms with Crippen LogP contribution in [-0.2, 0) is 18.3 Å². The fraction of sp³-hybridized carbons (Fsp3) is 1.00. The Hall–Kier alpha value is 0.420. The molecule has 116 valence electrons. The van der Waals surface area contributed by atoms with Gasteiger partial charge in [0.1, 0.15) is 0 Å². The third-order valence-electron chi connectivity index (χ3n) is 2.33. The van der Waals surface area contributed by atoms with Gasteiger partial charge in [-0.2, -0.15) is 0 Å². The molecule has 1 aliphatic heterocycles. The van der Waals surface area contributed by atoms with Gasteiger partial charge in [-0.05, 0) is 38.3 Å². The summed E-state index contributed by atoms with van der Waals surface area (Å²) in [7, 11) is 0. The minimum absolute atomic E-state index is 0.426. The summed E-state index contributed by atoms with van der Waals surface area (Å²) in [6.07, 6.45) is 0. The van der Waals surface area contributed by atoms with Gasteiger partial charge in [0.2, 0.25) is 0 Å². The molecule has 0 spiro atoms. The van der Waals surface area contributed by atoms with Crippen LogP contribution < -0.4 is 0 Å². The van der Waals surface area contributed by atoms with Crippen LogP contribution >= 0.6 is 18.2 Å². The van der Waals surface area contributed by atoms with Crippen LogP contribution in [0.2, 0.25) is 0 Å². The lowest BCUT2D eigenvalue weighted by molar-refractivity contribution is 0.236. The minimum Gasteiger partial charge on any atom is -0.377 e. The summed E-state index contributed by atoms with van der Waals surface area (Å²) in [5.41, 5.74) is 0. The van der Waals surface area contributed by atoms with Gasteiger partial charge in [-0.3, -0.25) is 0 Å². The van der Waals surface area contributed by atoms with Crippen molar-refractivity contribution in [3.63, 3.8) is 0 Å². The maximum atomic E-state index is 12.1. The molecule has 0 amide bonds. The monoisotopic (exact) mass is 313 g/mol. The molecule has 0 unspecified atom stereocenters. The van der Waals surface area contributed by atoms with E-state index in [4.69, 9.17) is 9.05 Å². The Bertz CT molecular complexity index is 237. The number of epoxide rings is 1. The second-order valence-electron chi connectivity index (χ2n) is 3.76. The van der Waals surface area contributed by atoms with Gasteiger partial charge in [-0.25, -0.2) is 4.57 Å². The largest absolute Gasteiger partial charge is 0.389 e. The Balaban J connectivity index is 0.000000934. The van der Waals surface area contributed by atoms with Crippen LogP contribution in [0.5, 0.6) is 0 Å². The Morgan fingerprint density at radius 3 is 1.89 bits per heavy atom. The van der Waals surface area contributed by atoms with Crippen molar-refractivity contribution in [2.75, 3.05) is 51.8 Å². The van der Waals surface area contributed by atoms with E-state index in [0.717, 1.165) is 38.6 Å². The zero-order valence-corrected chi connectivity index (χ0v) is 14.3. The normalized spacial score (nSPS) is 14.2. The molecule has 1 saturated heterocycles. The fourth-order valence-corrected chi connectivity index (χ4v) is 4.66. The van der Waals surface area contributed by atoms with Crippen LogP contribution in [0.3, 0.4) is 0 Å². The van der Waals surface area contributed by atoms with Gasteiger partial charge in [0.05, 0.1) is 26.4 Å². The predicted octanol–water partition coefficient (Wildman–Crippen LogP) is 3.26. The average Bonchev–Trinajstić information content (AvgIpc) is 3.23. The smallest absolute Gasteiger partial charge is 0.377 e. The maximum Gasteiger partial charge on any atom is 0.389 e. The van der Waals surface area contributed by atoms with Gasteiger partial charge in [0, 0.05) is 12.3 Å². The number of hydrogen-bond acceptors (Lipinski definition) is 6. The van der Waals surface area contributed by atoms with Gasteiger partial charge in [0.25, 0.3) is 0 Å². The number of nitrogens with zero attached hydrogens (tertiary/aromatic N) is 1. The van der Waals surface area contributed by atoms with Crippen molar-refractivity contribution in [1.29, 1.82) is 0 Å². The molecule has 1 aliphatic rings. The molecule has 1 rings (SSSR count). The van der Waals surface area contributed by atoms with E-state index in [1.807, 2.05) is 13.8 Å². The molecule has 0 N–H and O–H groups in total. The van der Waals surface area contributed by atoms with Gasteiger partial charge >= 0.3 is 6.80 Å². The lowest BCUT2D eigenvalue weighted by Crippen LogP contribution is -2.25. The van der Waals surface area contributed by atoms with Gasteiger partial charge in [0.15, 0.2) is 0 Å². The first-order chi connectivity index (χ1) is 9.11. The Morgan fingerprint density at radius 2 is 1.58 bits per heavy atom. The maximum absolute atomic E-state index is 12.1. The summed E-state index contributed by atoms with van der Waals surface area (Å²) >= 11 is 1.30. The van der Waals surface area contributed by atoms with Crippen molar-refractivity contribution in [3.8, 4) is 0 Å². The molecular formula is C12H28NO4PS. The Kier molecular flexibility index (Phi) is 12.5. The van der Waals surface area contributed by atoms with E-state index in [2.05, 4.69) is 23.5 Å². The van der Waals surface area contributed by atoms with Crippen molar-refractivity contribution in [2.45, 2.75) is 27.7 Å². The molecule has 0 aliphatic carbocycles. The van der Waals surface area contributed by atoms with Crippen LogP contribution in [0.15, 0.2) is 0 Å². The topological polar surface area (TPSA) is 51.3 Å². The first-order valence-corrected chi connectivity index (χ1v) is 10.1. The van der Waals surface area contributed by atoms with E-state index < -0.39 is 6.80 Å². The molecule has 0 bridgehead atoms. The van der Waals surface area contributed by atoms with Crippen molar-refractivity contribution < 1.29 is 18.3 Å². The molecule has 0 aromatic rings. The van der Waals surface area contributed by atoms with Crippen LogP contribution in [0.1, 0.15) is 27.7 Å². The average molecular weight is 313 g/mol. The molecule has 1 heterocycles. The van der Waals surface area contributed by atoms with E-state index in [9.17, 15) is 4.57 Å². The molecule has 0 radical (unpaired) electrons. The molecule has 1 fully saturated rings. The number of hydrogen-bond donors (Lipinski definition) is 0. The van der Waals surface area contributed by atoms with E-state index in [1.165, 1.54) is 11.4 Å². The number of ether oxygens (including phenoxy) is 1. The highest BCUT2D eigenvalue weighted by molar-refractivity contribution is 8.55.